The second-order valence-electron chi connectivity index (χ2n) is 9.62. The van der Waals surface area contributed by atoms with Crippen LogP contribution in [0.4, 0.5) is 5.69 Å². The van der Waals surface area contributed by atoms with Gasteiger partial charge in [0.05, 0.1) is 10.6 Å². The van der Waals surface area contributed by atoms with Crippen LogP contribution in [0.2, 0.25) is 0 Å². The normalized spacial score (nSPS) is 12.1. The van der Waals surface area contributed by atoms with Crippen LogP contribution in [-0.4, -0.2) is 44.3 Å². The standard InChI is InChI=1S/C30H37N3O4S/c1-7-31-30(35)25(6)32(19-26-15-11-21(2)12-16-26)29(34)20-33(28-10-8-9-23(4)24(28)5)38(36,37)27-17-13-22(3)14-18-27/h8-18,25H,7,19-20H2,1-6H3,(H,31,35)/t25-/m0/s1. The molecule has 0 spiro atoms. The SMILES string of the molecule is CCNC(=O)[C@H](C)N(Cc1ccc(C)cc1)C(=O)CN(c1cccc(C)c1C)S(=O)(=O)c1ccc(C)cc1. The lowest BCUT2D eigenvalue weighted by molar-refractivity contribution is -0.139. The summed E-state index contributed by atoms with van der Waals surface area (Å²) in [6.45, 7) is 11.2. The Kier molecular flexibility index (Phi) is 9.33. The molecule has 0 aliphatic carbocycles. The smallest absolute Gasteiger partial charge is 0.264 e. The Morgan fingerprint density at radius 3 is 2.03 bits per heavy atom. The van der Waals surface area contributed by atoms with E-state index in [0.717, 1.165) is 32.1 Å². The Morgan fingerprint density at radius 2 is 1.45 bits per heavy atom. The second-order valence-corrected chi connectivity index (χ2v) is 11.5. The van der Waals surface area contributed by atoms with Crippen LogP contribution in [0.5, 0.6) is 0 Å². The molecule has 3 rings (SSSR count). The van der Waals surface area contributed by atoms with Crippen LogP contribution in [-0.2, 0) is 26.2 Å². The average Bonchev–Trinajstić information content (AvgIpc) is 2.88. The quantitative estimate of drug-likeness (QED) is 0.409. The Bertz CT molecular complexity index is 1380. The monoisotopic (exact) mass is 535 g/mol. The van der Waals surface area contributed by atoms with Crippen molar-refractivity contribution < 1.29 is 18.0 Å². The molecule has 202 valence electrons. The number of rotatable bonds is 10. The molecule has 0 radical (unpaired) electrons. The third-order valence-corrected chi connectivity index (χ3v) is 8.50. The van der Waals surface area contributed by atoms with E-state index < -0.39 is 28.5 Å². The summed E-state index contributed by atoms with van der Waals surface area (Å²) in [5, 5.41) is 2.77. The van der Waals surface area contributed by atoms with E-state index in [1.54, 1.807) is 43.3 Å². The molecule has 7 nitrogen and oxygen atoms in total. The second kappa shape index (κ2) is 12.3. The van der Waals surface area contributed by atoms with Crippen LogP contribution < -0.4 is 9.62 Å². The number of hydrogen-bond acceptors (Lipinski definition) is 4. The topological polar surface area (TPSA) is 86.8 Å². The van der Waals surface area contributed by atoms with Crippen LogP contribution in [0.25, 0.3) is 0 Å². The van der Waals surface area contributed by atoms with Gasteiger partial charge in [0, 0.05) is 13.1 Å². The Hall–Kier alpha value is -3.65. The number of nitrogens with one attached hydrogen (secondary N) is 1. The van der Waals surface area contributed by atoms with Crippen molar-refractivity contribution in [3.05, 3.63) is 94.5 Å². The van der Waals surface area contributed by atoms with Crippen molar-refractivity contribution >= 4 is 27.5 Å². The molecule has 0 saturated carbocycles. The summed E-state index contributed by atoms with van der Waals surface area (Å²) in [7, 11) is -4.09. The van der Waals surface area contributed by atoms with E-state index in [2.05, 4.69) is 5.32 Å². The number of likely N-dealkylation sites (N-methyl/N-ethyl adjacent to an activating group) is 1. The predicted octanol–water partition coefficient (Wildman–Crippen LogP) is 4.67. The van der Waals surface area contributed by atoms with Gasteiger partial charge in [0.1, 0.15) is 12.6 Å². The number of benzene rings is 3. The van der Waals surface area contributed by atoms with Crippen LogP contribution in [0, 0.1) is 27.7 Å². The molecule has 38 heavy (non-hydrogen) atoms. The largest absolute Gasteiger partial charge is 0.355 e. The van der Waals surface area contributed by atoms with Crippen molar-refractivity contribution in [2.75, 3.05) is 17.4 Å². The van der Waals surface area contributed by atoms with E-state index in [1.807, 2.05) is 65.0 Å². The molecule has 3 aromatic carbocycles. The molecule has 1 atom stereocenters. The van der Waals surface area contributed by atoms with Gasteiger partial charge in [-0.2, -0.15) is 0 Å². The van der Waals surface area contributed by atoms with E-state index in [9.17, 15) is 18.0 Å². The van der Waals surface area contributed by atoms with Gasteiger partial charge in [0.15, 0.2) is 0 Å². The van der Waals surface area contributed by atoms with Gasteiger partial charge in [-0.15, -0.1) is 0 Å². The highest BCUT2D eigenvalue weighted by molar-refractivity contribution is 7.92. The first-order valence-electron chi connectivity index (χ1n) is 12.7. The molecule has 0 bridgehead atoms. The highest BCUT2D eigenvalue weighted by atomic mass is 32.2. The number of sulfonamides is 1. The third-order valence-electron chi connectivity index (χ3n) is 6.72. The van der Waals surface area contributed by atoms with E-state index in [4.69, 9.17) is 0 Å². The molecular weight excluding hydrogens is 498 g/mol. The molecule has 0 aromatic heterocycles. The van der Waals surface area contributed by atoms with Crippen molar-refractivity contribution in [3.63, 3.8) is 0 Å². The van der Waals surface area contributed by atoms with Gasteiger partial charge in [-0.3, -0.25) is 13.9 Å². The Morgan fingerprint density at radius 1 is 0.868 bits per heavy atom. The molecule has 0 heterocycles. The number of nitrogens with zero attached hydrogens (tertiary/aromatic N) is 2. The van der Waals surface area contributed by atoms with Gasteiger partial charge in [0.2, 0.25) is 11.8 Å². The Balaban J connectivity index is 2.07. The molecular formula is C30H37N3O4S. The van der Waals surface area contributed by atoms with Crippen LogP contribution in [0.3, 0.4) is 0 Å². The molecule has 0 fully saturated rings. The summed E-state index contributed by atoms with van der Waals surface area (Å²) in [6.07, 6.45) is 0. The minimum atomic E-state index is -4.09. The van der Waals surface area contributed by atoms with Crippen molar-refractivity contribution in [3.8, 4) is 0 Å². The molecule has 0 unspecified atom stereocenters. The molecule has 2 amide bonds. The summed E-state index contributed by atoms with van der Waals surface area (Å²) >= 11 is 0. The maximum Gasteiger partial charge on any atom is 0.264 e. The van der Waals surface area contributed by atoms with Crippen molar-refractivity contribution in [1.82, 2.24) is 10.2 Å². The first-order valence-corrected chi connectivity index (χ1v) is 14.2. The molecule has 1 N–H and O–H groups in total. The highest BCUT2D eigenvalue weighted by Crippen LogP contribution is 2.29. The van der Waals surface area contributed by atoms with E-state index in [1.165, 1.54) is 4.90 Å². The van der Waals surface area contributed by atoms with Gasteiger partial charge in [-0.25, -0.2) is 8.42 Å². The predicted molar refractivity (Wildman–Crippen MR) is 152 cm³/mol. The molecule has 8 heteroatoms. The zero-order valence-electron chi connectivity index (χ0n) is 23.0. The third kappa shape index (κ3) is 6.61. The number of hydrogen-bond donors (Lipinski definition) is 1. The van der Waals surface area contributed by atoms with Gasteiger partial charge < -0.3 is 10.2 Å². The summed E-state index contributed by atoms with van der Waals surface area (Å²) < 4.78 is 29.0. The minimum absolute atomic E-state index is 0.0960. The summed E-state index contributed by atoms with van der Waals surface area (Å²) in [6, 6.07) is 18.9. The van der Waals surface area contributed by atoms with Gasteiger partial charge in [-0.1, -0.05) is 59.7 Å². The lowest BCUT2D eigenvalue weighted by Gasteiger charge is -2.32. The highest BCUT2D eigenvalue weighted by Gasteiger charge is 2.33. The number of carbonyl (C=O) groups excluding carboxylic acids is 2. The molecule has 0 aliphatic heterocycles. The van der Waals surface area contributed by atoms with Crippen molar-refractivity contribution in [1.29, 1.82) is 0 Å². The zero-order chi connectivity index (χ0) is 28.0. The lowest BCUT2D eigenvalue weighted by Crippen LogP contribution is -2.51. The van der Waals surface area contributed by atoms with E-state index in [0.29, 0.717) is 12.2 Å². The van der Waals surface area contributed by atoms with Gasteiger partial charge >= 0.3 is 0 Å². The zero-order valence-corrected chi connectivity index (χ0v) is 23.8. The van der Waals surface area contributed by atoms with Crippen LogP contribution >= 0.6 is 0 Å². The van der Waals surface area contributed by atoms with Crippen LogP contribution in [0.15, 0.2) is 71.6 Å². The summed E-state index contributed by atoms with van der Waals surface area (Å²) in [4.78, 5) is 28.3. The minimum Gasteiger partial charge on any atom is -0.355 e. The number of anilines is 1. The number of aryl methyl sites for hydroxylation is 3. The van der Waals surface area contributed by atoms with Crippen molar-refractivity contribution in [2.45, 2.75) is 59.0 Å². The van der Waals surface area contributed by atoms with E-state index in [-0.39, 0.29) is 17.3 Å². The molecule has 0 saturated heterocycles. The number of amides is 2. The first-order chi connectivity index (χ1) is 17.9. The fourth-order valence-corrected chi connectivity index (χ4v) is 5.62. The molecule has 0 aliphatic rings. The maximum absolute atomic E-state index is 13.9. The maximum atomic E-state index is 13.9. The van der Waals surface area contributed by atoms with Crippen LogP contribution in [0.1, 0.15) is 41.7 Å². The van der Waals surface area contributed by atoms with E-state index >= 15 is 0 Å². The number of carbonyl (C=O) groups is 2. The molecule has 3 aromatic rings. The average molecular weight is 536 g/mol. The summed E-state index contributed by atoms with van der Waals surface area (Å²) in [5.74, 6) is -0.770. The fraction of sp³-hybridized carbons (Fsp3) is 0.333. The van der Waals surface area contributed by atoms with Crippen molar-refractivity contribution in [2.24, 2.45) is 0 Å². The Labute approximate surface area is 226 Å². The fourth-order valence-electron chi connectivity index (χ4n) is 4.15. The van der Waals surface area contributed by atoms with Gasteiger partial charge in [-0.05, 0) is 76.4 Å². The first kappa shape index (κ1) is 28.9. The van der Waals surface area contributed by atoms with Gasteiger partial charge in [0.25, 0.3) is 10.0 Å². The summed E-state index contributed by atoms with van der Waals surface area (Å²) in [5.41, 5.74) is 4.95. The lowest BCUT2D eigenvalue weighted by atomic mass is 10.1.